The summed E-state index contributed by atoms with van der Waals surface area (Å²) < 4.78 is 24.2. The Labute approximate surface area is 93.1 Å². The number of carbonyl (C=O) groups is 1. The summed E-state index contributed by atoms with van der Waals surface area (Å²) in [5.74, 6) is -1.17. The number of hydrogen-bond acceptors (Lipinski definition) is 4. The third kappa shape index (κ3) is 3.52. The van der Waals surface area contributed by atoms with E-state index >= 15 is 0 Å². The van der Waals surface area contributed by atoms with E-state index in [4.69, 9.17) is 10.8 Å². The van der Waals surface area contributed by atoms with Crippen molar-refractivity contribution in [1.29, 1.82) is 0 Å². The molecule has 0 spiro atoms. The molecule has 0 fully saturated rings. The fraction of sp³-hybridized carbons (Fsp3) is 0.222. The van der Waals surface area contributed by atoms with Crippen LogP contribution < -0.4 is 10.5 Å². The number of sulfonamides is 1. The zero-order valence-electron chi connectivity index (χ0n) is 8.54. The number of nitrogens with one attached hydrogen (secondary N) is 1. The van der Waals surface area contributed by atoms with Crippen LogP contribution in [0.2, 0.25) is 0 Å². The molecule has 0 aliphatic heterocycles. The first-order chi connectivity index (χ1) is 7.29. The van der Waals surface area contributed by atoms with E-state index in [9.17, 15) is 13.2 Å². The SMILES string of the molecule is CS(=O)(=O)Nc1cccc(C(N)C(=O)O)c1. The molecule has 1 atom stereocenters. The number of carboxylic acid groups (broad SMARTS) is 1. The number of rotatable bonds is 4. The summed E-state index contributed by atoms with van der Waals surface area (Å²) in [4.78, 5) is 10.6. The van der Waals surface area contributed by atoms with Gasteiger partial charge in [-0.05, 0) is 17.7 Å². The van der Waals surface area contributed by atoms with Crippen molar-refractivity contribution < 1.29 is 18.3 Å². The van der Waals surface area contributed by atoms with E-state index < -0.39 is 22.0 Å². The van der Waals surface area contributed by atoms with Crippen LogP contribution in [0.4, 0.5) is 5.69 Å². The molecule has 1 rings (SSSR count). The van der Waals surface area contributed by atoms with Crippen molar-refractivity contribution in [2.45, 2.75) is 6.04 Å². The van der Waals surface area contributed by atoms with Gasteiger partial charge in [0, 0.05) is 5.69 Å². The van der Waals surface area contributed by atoms with Crippen LogP contribution in [0.1, 0.15) is 11.6 Å². The molecule has 0 bridgehead atoms. The third-order valence-corrected chi connectivity index (χ3v) is 2.42. The molecule has 7 heteroatoms. The minimum atomic E-state index is -3.38. The molecular weight excluding hydrogens is 232 g/mol. The zero-order valence-corrected chi connectivity index (χ0v) is 9.36. The van der Waals surface area contributed by atoms with Gasteiger partial charge in [0.05, 0.1) is 6.26 Å². The maximum absolute atomic E-state index is 11.0. The van der Waals surface area contributed by atoms with Crippen LogP contribution in [0.15, 0.2) is 24.3 Å². The predicted molar refractivity (Wildman–Crippen MR) is 59.5 cm³/mol. The molecule has 16 heavy (non-hydrogen) atoms. The van der Waals surface area contributed by atoms with Crippen LogP contribution in [0.25, 0.3) is 0 Å². The van der Waals surface area contributed by atoms with E-state index in [2.05, 4.69) is 4.72 Å². The molecule has 4 N–H and O–H groups in total. The molecule has 0 saturated heterocycles. The molecule has 1 aromatic carbocycles. The molecule has 88 valence electrons. The summed E-state index contributed by atoms with van der Waals surface area (Å²) in [7, 11) is -3.38. The Hall–Kier alpha value is -1.60. The second-order valence-corrected chi connectivity index (χ2v) is 5.06. The summed E-state index contributed by atoms with van der Waals surface area (Å²) in [6, 6.07) is 4.79. The van der Waals surface area contributed by atoms with Gasteiger partial charge >= 0.3 is 5.97 Å². The number of anilines is 1. The summed E-state index contributed by atoms with van der Waals surface area (Å²) in [6.07, 6.45) is 1.01. The van der Waals surface area contributed by atoms with Crippen LogP contribution >= 0.6 is 0 Å². The van der Waals surface area contributed by atoms with Gasteiger partial charge < -0.3 is 10.8 Å². The van der Waals surface area contributed by atoms with E-state index in [1.54, 1.807) is 0 Å². The molecule has 0 radical (unpaired) electrons. The highest BCUT2D eigenvalue weighted by Crippen LogP contribution is 2.16. The first-order valence-electron chi connectivity index (χ1n) is 4.36. The number of carboxylic acids is 1. The number of hydrogen-bond donors (Lipinski definition) is 3. The molecule has 0 aliphatic rings. The van der Waals surface area contributed by atoms with E-state index in [0.29, 0.717) is 5.56 Å². The van der Waals surface area contributed by atoms with Gasteiger partial charge in [-0.25, -0.2) is 8.42 Å². The van der Waals surface area contributed by atoms with Crippen LogP contribution in [0.3, 0.4) is 0 Å². The highest BCUT2D eigenvalue weighted by Gasteiger charge is 2.14. The summed E-state index contributed by atoms with van der Waals surface area (Å²) in [5, 5.41) is 8.70. The smallest absolute Gasteiger partial charge is 0.325 e. The molecule has 0 amide bonds. The molecular formula is C9H12N2O4S. The molecule has 0 aliphatic carbocycles. The van der Waals surface area contributed by atoms with Gasteiger partial charge in [0.1, 0.15) is 6.04 Å². The first-order valence-corrected chi connectivity index (χ1v) is 6.25. The standard InChI is InChI=1S/C9H12N2O4S/c1-16(14,15)11-7-4-2-3-6(5-7)8(10)9(12)13/h2-5,8,11H,10H2,1H3,(H,12,13). The van der Waals surface area contributed by atoms with Gasteiger partial charge in [-0.15, -0.1) is 0 Å². The van der Waals surface area contributed by atoms with Gasteiger partial charge in [0.15, 0.2) is 0 Å². The lowest BCUT2D eigenvalue weighted by Crippen LogP contribution is -2.20. The Kier molecular flexibility index (Phi) is 3.51. The van der Waals surface area contributed by atoms with Crippen LogP contribution in [-0.2, 0) is 14.8 Å². The van der Waals surface area contributed by atoms with Crippen molar-refractivity contribution in [3.8, 4) is 0 Å². The average molecular weight is 244 g/mol. The number of benzene rings is 1. The van der Waals surface area contributed by atoms with Crippen molar-refractivity contribution in [3.63, 3.8) is 0 Å². The van der Waals surface area contributed by atoms with E-state index in [0.717, 1.165) is 6.26 Å². The Balaban J connectivity index is 3.00. The number of aliphatic carboxylic acids is 1. The topological polar surface area (TPSA) is 109 Å². The molecule has 1 unspecified atom stereocenters. The van der Waals surface area contributed by atoms with Crippen molar-refractivity contribution >= 4 is 21.7 Å². The summed E-state index contributed by atoms with van der Waals surface area (Å²) >= 11 is 0. The van der Waals surface area contributed by atoms with Gasteiger partial charge in [0.25, 0.3) is 0 Å². The fourth-order valence-electron chi connectivity index (χ4n) is 1.15. The quantitative estimate of drug-likeness (QED) is 0.698. The third-order valence-electron chi connectivity index (χ3n) is 1.82. The molecule has 0 aromatic heterocycles. The maximum Gasteiger partial charge on any atom is 0.325 e. The van der Waals surface area contributed by atoms with Gasteiger partial charge in [-0.1, -0.05) is 12.1 Å². The molecule has 1 aromatic rings. The highest BCUT2D eigenvalue weighted by atomic mass is 32.2. The Morgan fingerprint density at radius 1 is 1.50 bits per heavy atom. The van der Waals surface area contributed by atoms with E-state index in [1.807, 2.05) is 0 Å². The molecule has 6 nitrogen and oxygen atoms in total. The van der Waals surface area contributed by atoms with Crippen LogP contribution in [-0.4, -0.2) is 25.7 Å². The second kappa shape index (κ2) is 4.50. The van der Waals surface area contributed by atoms with Crippen molar-refractivity contribution in [3.05, 3.63) is 29.8 Å². The monoisotopic (exact) mass is 244 g/mol. The fourth-order valence-corrected chi connectivity index (χ4v) is 1.71. The summed E-state index contributed by atoms with van der Waals surface area (Å²) in [6.45, 7) is 0. The van der Waals surface area contributed by atoms with Gasteiger partial charge in [-0.3, -0.25) is 9.52 Å². The largest absolute Gasteiger partial charge is 0.480 e. The normalized spacial score (nSPS) is 13.1. The Bertz CT molecular complexity index is 498. The lowest BCUT2D eigenvalue weighted by molar-refractivity contribution is -0.138. The summed E-state index contributed by atoms with van der Waals surface area (Å²) in [5.41, 5.74) is 6.02. The minimum Gasteiger partial charge on any atom is -0.480 e. The van der Waals surface area contributed by atoms with Crippen molar-refractivity contribution in [2.24, 2.45) is 5.73 Å². The maximum atomic E-state index is 11.0. The average Bonchev–Trinajstić information content (AvgIpc) is 2.14. The zero-order chi connectivity index (χ0) is 12.3. The Morgan fingerprint density at radius 3 is 2.62 bits per heavy atom. The lowest BCUT2D eigenvalue weighted by atomic mass is 10.1. The second-order valence-electron chi connectivity index (χ2n) is 3.32. The van der Waals surface area contributed by atoms with Gasteiger partial charge in [-0.2, -0.15) is 0 Å². The van der Waals surface area contributed by atoms with E-state index in [-0.39, 0.29) is 5.69 Å². The van der Waals surface area contributed by atoms with Crippen molar-refractivity contribution in [2.75, 3.05) is 11.0 Å². The molecule has 0 heterocycles. The Morgan fingerprint density at radius 2 is 2.12 bits per heavy atom. The van der Waals surface area contributed by atoms with Gasteiger partial charge in [0.2, 0.25) is 10.0 Å². The van der Waals surface area contributed by atoms with Crippen molar-refractivity contribution in [1.82, 2.24) is 0 Å². The minimum absolute atomic E-state index is 0.289. The highest BCUT2D eigenvalue weighted by molar-refractivity contribution is 7.92. The molecule has 0 saturated carbocycles. The predicted octanol–water partition coefficient (Wildman–Crippen LogP) is 0.142. The van der Waals surface area contributed by atoms with E-state index in [1.165, 1.54) is 24.3 Å². The lowest BCUT2D eigenvalue weighted by Gasteiger charge is -2.09. The van der Waals surface area contributed by atoms with Crippen LogP contribution in [0.5, 0.6) is 0 Å². The number of nitrogens with two attached hydrogens (primary N) is 1. The first kappa shape index (κ1) is 12.5. The van der Waals surface area contributed by atoms with Crippen LogP contribution in [0, 0.1) is 0 Å².